The molecule has 0 aliphatic carbocycles. The Morgan fingerprint density at radius 3 is 2.75 bits per heavy atom. The standard InChI is InChI=1S/C18H19FN6O2S/c1-4-25-14-6-11(5-13(19)12(14)7-20-25)15(27)21-17-23-22-16(28-17)18(3)8-24(9-18)10(2)26/h5-7H,4,8-9H2,1-3H3,(H,21,23,27). The molecular formula is C18H19FN6O2S. The maximum absolute atomic E-state index is 14.3. The van der Waals surface area contributed by atoms with Crippen LogP contribution in [0, 0.1) is 5.82 Å². The minimum atomic E-state index is -0.494. The molecule has 1 N–H and O–H groups in total. The van der Waals surface area contributed by atoms with Crippen LogP contribution in [0.5, 0.6) is 0 Å². The number of nitrogens with zero attached hydrogens (tertiary/aromatic N) is 5. The maximum atomic E-state index is 14.3. The van der Waals surface area contributed by atoms with Gasteiger partial charge in [-0.3, -0.25) is 19.6 Å². The molecule has 1 aromatic carbocycles. The summed E-state index contributed by atoms with van der Waals surface area (Å²) in [5.41, 5.74) is 0.497. The molecule has 0 bridgehead atoms. The van der Waals surface area contributed by atoms with Crippen LogP contribution in [0.2, 0.25) is 0 Å². The quantitative estimate of drug-likeness (QED) is 0.723. The SMILES string of the molecule is CCn1ncc2c(F)cc(C(=O)Nc3nnc(C4(C)CN(C(C)=O)C4)s3)cc21. The van der Waals surface area contributed by atoms with Crippen LogP contribution >= 0.6 is 11.3 Å². The van der Waals surface area contributed by atoms with Crippen molar-refractivity contribution < 1.29 is 14.0 Å². The molecule has 10 heteroatoms. The van der Waals surface area contributed by atoms with E-state index in [0.717, 1.165) is 5.01 Å². The number of benzene rings is 1. The molecule has 146 valence electrons. The highest BCUT2D eigenvalue weighted by Gasteiger charge is 2.44. The number of halogens is 1. The van der Waals surface area contributed by atoms with Crippen molar-refractivity contribution in [3.8, 4) is 0 Å². The van der Waals surface area contributed by atoms with Crippen LogP contribution in [0.3, 0.4) is 0 Å². The van der Waals surface area contributed by atoms with Gasteiger partial charge in [-0.1, -0.05) is 11.3 Å². The summed E-state index contributed by atoms with van der Waals surface area (Å²) in [5.74, 6) is -0.928. The van der Waals surface area contributed by atoms with Gasteiger partial charge in [0.15, 0.2) is 0 Å². The van der Waals surface area contributed by atoms with Crippen molar-refractivity contribution in [2.75, 3.05) is 18.4 Å². The minimum Gasteiger partial charge on any atom is -0.341 e. The first kappa shape index (κ1) is 18.5. The summed E-state index contributed by atoms with van der Waals surface area (Å²) in [6, 6.07) is 2.81. The van der Waals surface area contributed by atoms with E-state index in [1.807, 2.05) is 13.8 Å². The molecule has 1 saturated heterocycles. The van der Waals surface area contributed by atoms with Crippen molar-refractivity contribution in [3.05, 3.63) is 34.7 Å². The molecule has 0 saturated carbocycles. The van der Waals surface area contributed by atoms with E-state index in [0.29, 0.717) is 35.7 Å². The normalized spacial score (nSPS) is 15.5. The molecule has 1 aliphatic heterocycles. The Hall–Kier alpha value is -2.88. The first-order valence-electron chi connectivity index (χ1n) is 8.86. The van der Waals surface area contributed by atoms with Gasteiger partial charge in [0, 0.05) is 32.1 Å². The van der Waals surface area contributed by atoms with Gasteiger partial charge in [-0.05, 0) is 26.0 Å². The highest BCUT2D eigenvalue weighted by Crippen LogP contribution is 2.37. The summed E-state index contributed by atoms with van der Waals surface area (Å²) in [6.45, 7) is 7.17. The molecule has 3 heterocycles. The van der Waals surface area contributed by atoms with E-state index in [1.54, 1.807) is 15.6 Å². The van der Waals surface area contributed by atoms with E-state index in [-0.39, 0.29) is 16.9 Å². The fraction of sp³-hybridized carbons (Fsp3) is 0.389. The van der Waals surface area contributed by atoms with Gasteiger partial charge in [0.25, 0.3) is 5.91 Å². The topological polar surface area (TPSA) is 93.0 Å². The van der Waals surface area contributed by atoms with Gasteiger partial charge in [0.2, 0.25) is 11.0 Å². The second-order valence-corrected chi connectivity index (χ2v) is 8.13. The Balaban J connectivity index is 1.53. The second kappa shape index (κ2) is 6.62. The van der Waals surface area contributed by atoms with Crippen LogP contribution in [0.15, 0.2) is 18.3 Å². The van der Waals surface area contributed by atoms with Gasteiger partial charge in [0.05, 0.1) is 22.5 Å². The number of amides is 2. The third-order valence-electron chi connectivity index (χ3n) is 4.96. The molecule has 0 spiro atoms. The van der Waals surface area contributed by atoms with Gasteiger partial charge in [-0.2, -0.15) is 5.10 Å². The van der Waals surface area contributed by atoms with Gasteiger partial charge in [-0.15, -0.1) is 10.2 Å². The van der Waals surface area contributed by atoms with E-state index in [2.05, 4.69) is 20.6 Å². The first-order chi connectivity index (χ1) is 13.3. The zero-order valence-electron chi connectivity index (χ0n) is 15.7. The Bertz CT molecular complexity index is 1090. The summed E-state index contributed by atoms with van der Waals surface area (Å²) < 4.78 is 16.0. The Labute approximate surface area is 164 Å². The van der Waals surface area contributed by atoms with Crippen LogP contribution in [0.1, 0.15) is 36.1 Å². The molecule has 4 rings (SSSR count). The third kappa shape index (κ3) is 3.03. The average molecular weight is 402 g/mol. The van der Waals surface area contributed by atoms with Crippen LogP contribution in [-0.2, 0) is 16.8 Å². The van der Waals surface area contributed by atoms with E-state index in [4.69, 9.17) is 0 Å². The van der Waals surface area contributed by atoms with Gasteiger partial charge < -0.3 is 4.90 Å². The number of likely N-dealkylation sites (tertiary alicyclic amines) is 1. The molecule has 1 aliphatic rings. The molecular weight excluding hydrogens is 383 g/mol. The lowest BCUT2D eigenvalue weighted by Gasteiger charge is -2.46. The van der Waals surface area contributed by atoms with Crippen LogP contribution in [0.25, 0.3) is 10.9 Å². The Morgan fingerprint density at radius 1 is 1.32 bits per heavy atom. The number of carbonyl (C=O) groups is 2. The zero-order chi connectivity index (χ0) is 20.1. The van der Waals surface area contributed by atoms with E-state index in [9.17, 15) is 14.0 Å². The summed E-state index contributed by atoms with van der Waals surface area (Å²) in [7, 11) is 0. The lowest BCUT2D eigenvalue weighted by Crippen LogP contribution is -2.59. The molecule has 0 unspecified atom stereocenters. The first-order valence-corrected chi connectivity index (χ1v) is 9.68. The van der Waals surface area contributed by atoms with Gasteiger partial charge in [0.1, 0.15) is 10.8 Å². The van der Waals surface area contributed by atoms with Crippen LogP contribution in [-0.4, -0.2) is 49.8 Å². The van der Waals surface area contributed by atoms with Crippen molar-refractivity contribution in [2.24, 2.45) is 0 Å². The minimum absolute atomic E-state index is 0.0271. The monoisotopic (exact) mass is 402 g/mol. The largest absolute Gasteiger partial charge is 0.341 e. The maximum Gasteiger partial charge on any atom is 0.257 e. The molecule has 2 amide bonds. The van der Waals surface area contributed by atoms with Crippen molar-refractivity contribution in [1.29, 1.82) is 0 Å². The van der Waals surface area contributed by atoms with Gasteiger partial charge >= 0.3 is 0 Å². The van der Waals surface area contributed by atoms with Crippen molar-refractivity contribution in [1.82, 2.24) is 24.9 Å². The molecule has 2 aromatic heterocycles. The Morgan fingerprint density at radius 2 is 2.07 bits per heavy atom. The summed E-state index contributed by atoms with van der Waals surface area (Å²) >= 11 is 1.27. The highest BCUT2D eigenvalue weighted by molar-refractivity contribution is 7.15. The lowest BCUT2D eigenvalue weighted by atomic mass is 9.83. The average Bonchev–Trinajstić information content (AvgIpc) is 3.25. The smallest absolute Gasteiger partial charge is 0.257 e. The number of aryl methyl sites for hydroxylation is 1. The van der Waals surface area contributed by atoms with Crippen molar-refractivity contribution in [3.63, 3.8) is 0 Å². The van der Waals surface area contributed by atoms with Crippen molar-refractivity contribution in [2.45, 2.75) is 32.7 Å². The number of fused-ring (bicyclic) bond motifs is 1. The molecule has 0 atom stereocenters. The zero-order valence-corrected chi connectivity index (χ0v) is 16.5. The summed E-state index contributed by atoms with van der Waals surface area (Å²) in [6.07, 6.45) is 1.45. The lowest BCUT2D eigenvalue weighted by molar-refractivity contribution is -0.136. The second-order valence-electron chi connectivity index (χ2n) is 7.15. The number of hydrogen-bond donors (Lipinski definition) is 1. The Kier molecular flexibility index (Phi) is 4.37. The molecule has 28 heavy (non-hydrogen) atoms. The molecule has 0 radical (unpaired) electrons. The van der Waals surface area contributed by atoms with Crippen LogP contribution in [0.4, 0.5) is 9.52 Å². The summed E-state index contributed by atoms with van der Waals surface area (Å²) in [5, 5.41) is 16.5. The number of rotatable bonds is 4. The predicted molar refractivity (Wildman–Crippen MR) is 103 cm³/mol. The van der Waals surface area contributed by atoms with E-state index < -0.39 is 11.7 Å². The number of nitrogens with one attached hydrogen (secondary N) is 1. The fourth-order valence-corrected chi connectivity index (χ4v) is 4.22. The summed E-state index contributed by atoms with van der Waals surface area (Å²) in [4.78, 5) is 25.7. The van der Waals surface area contributed by atoms with E-state index in [1.165, 1.54) is 30.5 Å². The molecule has 3 aromatic rings. The van der Waals surface area contributed by atoms with E-state index >= 15 is 0 Å². The number of aromatic nitrogens is 4. The van der Waals surface area contributed by atoms with Crippen molar-refractivity contribution >= 4 is 39.2 Å². The molecule has 8 nitrogen and oxygen atoms in total. The molecule has 1 fully saturated rings. The number of carbonyl (C=O) groups excluding carboxylic acids is 2. The number of hydrogen-bond acceptors (Lipinski definition) is 6. The van der Waals surface area contributed by atoms with Gasteiger partial charge in [-0.25, -0.2) is 4.39 Å². The van der Waals surface area contributed by atoms with Crippen LogP contribution < -0.4 is 5.32 Å². The fourth-order valence-electron chi connectivity index (χ4n) is 3.36. The number of anilines is 1. The highest BCUT2D eigenvalue weighted by atomic mass is 32.1. The third-order valence-corrected chi connectivity index (χ3v) is 6.11. The predicted octanol–water partition coefficient (Wildman–Crippen LogP) is 2.42.